The topological polar surface area (TPSA) is 63.4 Å². The second-order valence-corrected chi connectivity index (χ2v) is 5.83. The first-order valence-corrected chi connectivity index (χ1v) is 7.30. The molecule has 0 saturated heterocycles. The maximum Gasteiger partial charge on any atom is 0.266 e. The van der Waals surface area contributed by atoms with Crippen molar-refractivity contribution in [2.45, 2.75) is 13.5 Å². The molecule has 2 N–H and O–H groups in total. The molecule has 4 nitrogen and oxygen atoms in total. The minimum atomic E-state index is -0.309. The zero-order chi connectivity index (χ0) is 15.1. The second kappa shape index (κ2) is 5.09. The first kappa shape index (κ1) is 14.0. The molecule has 0 fully saturated rings. The van der Waals surface area contributed by atoms with E-state index >= 15 is 0 Å². The van der Waals surface area contributed by atoms with E-state index in [0.29, 0.717) is 16.8 Å². The van der Waals surface area contributed by atoms with E-state index in [2.05, 4.69) is 15.9 Å². The van der Waals surface area contributed by atoms with Crippen LogP contribution in [0.5, 0.6) is 0 Å². The zero-order valence-electron chi connectivity index (χ0n) is 11.4. The Hall–Kier alpha value is -1.98. The van der Waals surface area contributed by atoms with Gasteiger partial charge >= 0.3 is 0 Å². The molecule has 106 valence electrons. The molecule has 0 bridgehead atoms. The van der Waals surface area contributed by atoms with Crippen LogP contribution in [0, 0.1) is 6.92 Å². The number of hydrogen-bond donors (Lipinski definition) is 1. The second-order valence-electron chi connectivity index (χ2n) is 4.91. The van der Waals surface area contributed by atoms with Crippen molar-refractivity contribution in [1.82, 2.24) is 0 Å². The molecule has 2 amide bonds. The van der Waals surface area contributed by atoms with Gasteiger partial charge in [0.2, 0.25) is 0 Å². The smallest absolute Gasteiger partial charge is 0.266 e. The normalized spacial score (nSPS) is 13.8. The maximum atomic E-state index is 12.6. The average molecular weight is 345 g/mol. The fourth-order valence-corrected chi connectivity index (χ4v) is 2.95. The minimum Gasteiger partial charge on any atom is -0.326 e. The Morgan fingerprint density at radius 1 is 1.10 bits per heavy atom. The summed E-state index contributed by atoms with van der Waals surface area (Å²) in [6, 6.07) is 10.6. The van der Waals surface area contributed by atoms with Gasteiger partial charge in [0.05, 0.1) is 16.8 Å². The fraction of sp³-hybridized carbons (Fsp3) is 0.125. The van der Waals surface area contributed by atoms with Crippen molar-refractivity contribution in [3.63, 3.8) is 0 Å². The van der Waals surface area contributed by atoms with Crippen molar-refractivity contribution in [1.29, 1.82) is 0 Å². The van der Waals surface area contributed by atoms with Crippen molar-refractivity contribution < 1.29 is 9.59 Å². The number of carbonyl (C=O) groups excluding carboxylic acids is 2. The van der Waals surface area contributed by atoms with Crippen molar-refractivity contribution >= 4 is 33.4 Å². The highest BCUT2D eigenvalue weighted by Gasteiger charge is 2.37. The third-order valence-electron chi connectivity index (χ3n) is 3.68. The molecule has 3 rings (SSSR count). The number of nitrogens with two attached hydrogens (primary N) is 1. The van der Waals surface area contributed by atoms with Crippen LogP contribution in [0.3, 0.4) is 0 Å². The van der Waals surface area contributed by atoms with Gasteiger partial charge in [-0.2, -0.15) is 0 Å². The van der Waals surface area contributed by atoms with Crippen LogP contribution in [-0.4, -0.2) is 11.8 Å². The quantitative estimate of drug-likeness (QED) is 0.851. The van der Waals surface area contributed by atoms with E-state index in [0.717, 1.165) is 15.6 Å². The third kappa shape index (κ3) is 2.09. The molecule has 1 aliphatic heterocycles. The van der Waals surface area contributed by atoms with Crippen LogP contribution >= 0.6 is 15.9 Å². The van der Waals surface area contributed by atoms with E-state index in [9.17, 15) is 9.59 Å². The van der Waals surface area contributed by atoms with Gasteiger partial charge in [0.15, 0.2) is 0 Å². The highest BCUT2D eigenvalue weighted by molar-refractivity contribution is 9.10. The van der Waals surface area contributed by atoms with Gasteiger partial charge in [-0.3, -0.25) is 9.59 Å². The molecule has 0 unspecified atom stereocenters. The summed E-state index contributed by atoms with van der Waals surface area (Å²) in [5.41, 5.74) is 8.97. The van der Waals surface area contributed by atoms with Gasteiger partial charge in [-0.05, 0) is 42.3 Å². The Labute approximate surface area is 130 Å². The number of rotatable bonds is 2. The number of hydrogen-bond acceptors (Lipinski definition) is 3. The predicted octanol–water partition coefficient (Wildman–Crippen LogP) is 3.02. The summed E-state index contributed by atoms with van der Waals surface area (Å²) in [6.07, 6.45) is 0. The van der Waals surface area contributed by atoms with Crippen LogP contribution in [0.15, 0.2) is 40.9 Å². The molecule has 0 atom stereocenters. The molecule has 0 spiro atoms. The lowest BCUT2D eigenvalue weighted by Gasteiger charge is -2.19. The zero-order valence-corrected chi connectivity index (χ0v) is 13.0. The number of fused-ring (bicyclic) bond motifs is 1. The number of halogens is 1. The van der Waals surface area contributed by atoms with Gasteiger partial charge in [-0.1, -0.05) is 28.1 Å². The van der Waals surface area contributed by atoms with Crippen molar-refractivity contribution in [2.75, 3.05) is 4.90 Å². The van der Waals surface area contributed by atoms with Gasteiger partial charge in [-0.25, -0.2) is 4.90 Å². The first-order chi connectivity index (χ1) is 10.0. The summed E-state index contributed by atoms with van der Waals surface area (Å²) in [4.78, 5) is 26.3. The Morgan fingerprint density at radius 3 is 2.52 bits per heavy atom. The summed E-state index contributed by atoms with van der Waals surface area (Å²) in [5, 5.41) is 0. The standard InChI is InChI=1S/C16H13BrN2O2/c1-9-3-2-4-14(13(9)8-18)19-15(20)11-6-5-10(17)7-12(11)16(19)21/h2-7H,8,18H2,1H3. The number of aryl methyl sites for hydroxylation is 1. The van der Waals surface area contributed by atoms with E-state index in [4.69, 9.17) is 5.73 Å². The lowest BCUT2D eigenvalue weighted by molar-refractivity contribution is 0.0926. The molecule has 1 heterocycles. The monoisotopic (exact) mass is 344 g/mol. The molecule has 2 aromatic rings. The molecule has 2 aromatic carbocycles. The van der Waals surface area contributed by atoms with E-state index in [1.165, 1.54) is 4.90 Å². The number of carbonyl (C=O) groups is 2. The van der Waals surface area contributed by atoms with Crippen molar-refractivity contribution in [3.05, 3.63) is 63.1 Å². The van der Waals surface area contributed by atoms with Gasteiger partial charge < -0.3 is 5.73 Å². The number of imide groups is 1. The minimum absolute atomic E-state index is 0.277. The molecule has 1 aliphatic rings. The van der Waals surface area contributed by atoms with Crippen LogP contribution in [0.4, 0.5) is 5.69 Å². The highest BCUT2D eigenvalue weighted by Crippen LogP contribution is 2.33. The van der Waals surface area contributed by atoms with E-state index in [1.54, 1.807) is 24.3 Å². The lowest BCUT2D eigenvalue weighted by atomic mass is 10.1. The molecule has 0 aromatic heterocycles. The van der Waals surface area contributed by atoms with E-state index in [-0.39, 0.29) is 18.4 Å². The van der Waals surface area contributed by atoms with Crippen LogP contribution in [0.2, 0.25) is 0 Å². The lowest BCUT2D eigenvalue weighted by Crippen LogP contribution is -2.30. The number of amides is 2. The van der Waals surface area contributed by atoms with Crippen LogP contribution in [0.25, 0.3) is 0 Å². The fourth-order valence-electron chi connectivity index (χ4n) is 2.59. The number of benzene rings is 2. The maximum absolute atomic E-state index is 12.6. The highest BCUT2D eigenvalue weighted by atomic mass is 79.9. The van der Waals surface area contributed by atoms with Gasteiger partial charge in [-0.15, -0.1) is 0 Å². The molecule has 0 aliphatic carbocycles. The third-order valence-corrected chi connectivity index (χ3v) is 4.17. The van der Waals surface area contributed by atoms with Gasteiger partial charge in [0.1, 0.15) is 0 Å². The Bertz CT molecular complexity index is 771. The molecule has 21 heavy (non-hydrogen) atoms. The van der Waals surface area contributed by atoms with Crippen molar-refractivity contribution in [3.8, 4) is 0 Å². The van der Waals surface area contributed by atoms with Crippen molar-refractivity contribution in [2.24, 2.45) is 5.73 Å². The molecular weight excluding hydrogens is 332 g/mol. The number of nitrogens with zero attached hydrogens (tertiary/aromatic N) is 1. The van der Waals surface area contributed by atoms with Crippen LogP contribution < -0.4 is 10.6 Å². The Morgan fingerprint density at radius 2 is 1.81 bits per heavy atom. The summed E-state index contributed by atoms with van der Waals surface area (Å²) in [5.74, 6) is -0.612. The van der Waals surface area contributed by atoms with Gasteiger partial charge in [0, 0.05) is 11.0 Å². The number of anilines is 1. The predicted molar refractivity (Wildman–Crippen MR) is 84.4 cm³/mol. The van der Waals surface area contributed by atoms with Crippen LogP contribution in [-0.2, 0) is 6.54 Å². The summed E-state index contributed by atoms with van der Waals surface area (Å²) >= 11 is 3.33. The molecule has 0 radical (unpaired) electrons. The Balaban J connectivity index is 2.17. The molecule has 5 heteroatoms. The molecule has 0 saturated carbocycles. The Kier molecular flexibility index (Phi) is 3.39. The van der Waals surface area contributed by atoms with E-state index < -0.39 is 0 Å². The van der Waals surface area contributed by atoms with Gasteiger partial charge in [0.25, 0.3) is 11.8 Å². The van der Waals surface area contributed by atoms with E-state index in [1.807, 2.05) is 19.1 Å². The molecular formula is C16H13BrN2O2. The SMILES string of the molecule is Cc1cccc(N2C(=O)c3ccc(Br)cc3C2=O)c1CN. The summed E-state index contributed by atoms with van der Waals surface area (Å²) in [6.45, 7) is 2.19. The average Bonchev–Trinajstić information content (AvgIpc) is 2.70. The summed E-state index contributed by atoms with van der Waals surface area (Å²) in [7, 11) is 0. The van der Waals surface area contributed by atoms with Crippen LogP contribution in [0.1, 0.15) is 31.8 Å². The summed E-state index contributed by atoms with van der Waals surface area (Å²) < 4.78 is 0.771. The first-order valence-electron chi connectivity index (χ1n) is 6.51. The largest absolute Gasteiger partial charge is 0.326 e.